The maximum absolute atomic E-state index is 12.8. The van der Waals surface area contributed by atoms with Crippen molar-refractivity contribution in [2.75, 3.05) is 6.54 Å². The van der Waals surface area contributed by atoms with E-state index in [9.17, 15) is 14.4 Å². The molecule has 0 unspecified atom stereocenters. The first-order valence-corrected chi connectivity index (χ1v) is 9.78. The predicted molar refractivity (Wildman–Crippen MR) is 106 cm³/mol. The summed E-state index contributed by atoms with van der Waals surface area (Å²) in [6, 6.07) is 8.16. The standard InChI is InChI=1S/C21H30N3O4/c1-4-22-19(25)17(13-15(2)3)23-20(26)18-11-8-12-24(18)21(27)28-14-16-9-6-5-7-10-16/h4-7,9-10,15,17-18H,8,11-14H2,1-3H3,(H,22,25)(H,23,26)/t17-,18-/m1/s1. The number of hydrogen-bond donors (Lipinski definition) is 2. The lowest BCUT2D eigenvalue weighted by atomic mass is 10.0. The minimum atomic E-state index is -0.633. The van der Waals surface area contributed by atoms with Crippen LogP contribution in [0.2, 0.25) is 0 Å². The van der Waals surface area contributed by atoms with Crippen molar-refractivity contribution in [2.45, 2.75) is 58.7 Å². The van der Waals surface area contributed by atoms with Gasteiger partial charge >= 0.3 is 6.09 Å². The number of rotatable bonds is 8. The SMILES string of the molecule is C[CH]NC(=O)[C@@H](CC(C)C)NC(=O)[C@H]1CCCN1C(=O)OCc1ccccc1. The third-order valence-corrected chi connectivity index (χ3v) is 4.62. The van der Waals surface area contributed by atoms with Gasteiger partial charge < -0.3 is 15.4 Å². The normalized spacial score (nSPS) is 17.3. The molecule has 0 aliphatic carbocycles. The smallest absolute Gasteiger partial charge is 0.410 e. The highest BCUT2D eigenvalue weighted by Crippen LogP contribution is 2.20. The predicted octanol–water partition coefficient (Wildman–Crippen LogP) is 2.62. The first-order valence-electron chi connectivity index (χ1n) is 9.78. The van der Waals surface area contributed by atoms with Gasteiger partial charge in [0.2, 0.25) is 11.8 Å². The van der Waals surface area contributed by atoms with Crippen LogP contribution in [0.4, 0.5) is 4.79 Å². The van der Waals surface area contributed by atoms with Gasteiger partial charge in [-0.25, -0.2) is 4.79 Å². The van der Waals surface area contributed by atoms with Crippen LogP contribution in [0.5, 0.6) is 0 Å². The van der Waals surface area contributed by atoms with E-state index >= 15 is 0 Å². The average Bonchev–Trinajstić information content (AvgIpc) is 3.16. The number of carbonyl (C=O) groups is 3. The Morgan fingerprint density at radius 3 is 2.61 bits per heavy atom. The van der Waals surface area contributed by atoms with E-state index in [2.05, 4.69) is 10.6 Å². The van der Waals surface area contributed by atoms with E-state index in [1.165, 1.54) is 4.90 Å². The van der Waals surface area contributed by atoms with Crippen LogP contribution >= 0.6 is 0 Å². The molecule has 2 rings (SSSR count). The number of hydrogen-bond acceptors (Lipinski definition) is 4. The van der Waals surface area contributed by atoms with Crippen LogP contribution < -0.4 is 10.6 Å². The number of amides is 3. The molecular weight excluding hydrogens is 358 g/mol. The molecule has 0 bridgehead atoms. The van der Waals surface area contributed by atoms with Gasteiger partial charge in [-0.2, -0.15) is 0 Å². The maximum atomic E-state index is 12.8. The first-order chi connectivity index (χ1) is 13.4. The van der Waals surface area contributed by atoms with E-state index < -0.39 is 18.2 Å². The average molecular weight is 388 g/mol. The Balaban J connectivity index is 1.96. The molecule has 1 fully saturated rings. The van der Waals surface area contributed by atoms with Gasteiger partial charge in [0.25, 0.3) is 0 Å². The van der Waals surface area contributed by atoms with Crippen molar-refractivity contribution in [1.29, 1.82) is 0 Å². The Kier molecular flexibility index (Phi) is 8.29. The van der Waals surface area contributed by atoms with Crippen LogP contribution in [0.25, 0.3) is 0 Å². The molecule has 3 amide bonds. The zero-order valence-electron chi connectivity index (χ0n) is 16.8. The van der Waals surface area contributed by atoms with Crippen molar-refractivity contribution in [3.05, 3.63) is 42.4 Å². The van der Waals surface area contributed by atoms with Gasteiger partial charge in [0, 0.05) is 13.1 Å². The highest BCUT2D eigenvalue weighted by Gasteiger charge is 2.36. The Labute approximate surface area is 166 Å². The van der Waals surface area contributed by atoms with E-state index in [0.29, 0.717) is 19.4 Å². The molecular formula is C21H30N3O4. The molecule has 2 atom stereocenters. The molecule has 0 aromatic heterocycles. The molecule has 1 aliphatic heterocycles. The fourth-order valence-electron chi connectivity index (χ4n) is 3.27. The summed E-state index contributed by atoms with van der Waals surface area (Å²) in [6.45, 7) is 7.87. The Bertz CT molecular complexity index is 663. The minimum absolute atomic E-state index is 0.162. The van der Waals surface area contributed by atoms with Crippen molar-refractivity contribution >= 4 is 17.9 Å². The number of carbonyl (C=O) groups excluding carboxylic acids is 3. The van der Waals surface area contributed by atoms with E-state index in [1.54, 1.807) is 13.5 Å². The van der Waals surface area contributed by atoms with E-state index in [-0.39, 0.29) is 24.3 Å². The van der Waals surface area contributed by atoms with E-state index in [0.717, 1.165) is 12.0 Å². The number of benzene rings is 1. The second kappa shape index (κ2) is 10.7. The van der Waals surface area contributed by atoms with Crippen LogP contribution in [0.15, 0.2) is 30.3 Å². The van der Waals surface area contributed by atoms with Crippen LogP contribution in [0.1, 0.15) is 45.6 Å². The van der Waals surface area contributed by atoms with Crippen molar-refractivity contribution in [1.82, 2.24) is 15.5 Å². The van der Waals surface area contributed by atoms with Gasteiger partial charge in [-0.05, 0) is 37.7 Å². The first kappa shape index (κ1) is 21.7. The monoisotopic (exact) mass is 388 g/mol. The third-order valence-electron chi connectivity index (χ3n) is 4.62. The molecule has 7 heteroatoms. The molecule has 1 saturated heterocycles. The van der Waals surface area contributed by atoms with Gasteiger partial charge in [-0.1, -0.05) is 44.2 Å². The summed E-state index contributed by atoms with van der Waals surface area (Å²) in [5, 5.41) is 5.45. The third kappa shape index (κ3) is 6.25. The number of likely N-dealkylation sites (tertiary alicyclic amines) is 1. The largest absolute Gasteiger partial charge is 0.445 e. The molecule has 153 valence electrons. The lowest BCUT2D eigenvalue weighted by molar-refractivity contribution is -0.131. The lowest BCUT2D eigenvalue weighted by Gasteiger charge is -2.26. The Hall–Kier alpha value is -2.57. The fourth-order valence-corrected chi connectivity index (χ4v) is 3.27. The van der Waals surface area contributed by atoms with Crippen molar-refractivity contribution in [2.24, 2.45) is 5.92 Å². The summed E-state index contributed by atoms with van der Waals surface area (Å²) in [5.41, 5.74) is 0.889. The Morgan fingerprint density at radius 2 is 1.96 bits per heavy atom. The van der Waals surface area contributed by atoms with E-state index in [1.807, 2.05) is 44.2 Å². The van der Waals surface area contributed by atoms with Crippen molar-refractivity contribution in [3.8, 4) is 0 Å². The van der Waals surface area contributed by atoms with E-state index in [4.69, 9.17) is 4.74 Å². The van der Waals surface area contributed by atoms with Gasteiger partial charge in [-0.15, -0.1) is 0 Å². The summed E-state index contributed by atoms with van der Waals surface area (Å²) < 4.78 is 5.37. The van der Waals surface area contributed by atoms with Crippen molar-refractivity contribution in [3.63, 3.8) is 0 Å². The molecule has 7 nitrogen and oxygen atoms in total. The van der Waals surface area contributed by atoms with Gasteiger partial charge in [0.05, 0.1) is 0 Å². The van der Waals surface area contributed by atoms with Gasteiger partial charge in [0.15, 0.2) is 0 Å². The summed E-state index contributed by atoms with van der Waals surface area (Å²) in [4.78, 5) is 39.0. The molecule has 0 spiro atoms. The fraction of sp³-hybridized carbons (Fsp3) is 0.524. The maximum Gasteiger partial charge on any atom is 0.410 e. The van der Waals surface area contributed by atoms with Crippen molar-refractivity contribution < 1.29 is 19.1 Å². The zero-order valence-corrected chi connectivity index (χ0v) is 16.8. The number of nitrogens with zero attached hydrogens (tertiary/aromatic N) is 1. The number of ether oxygens (including phenoxy) is 1. The molecule has 1 aliphatic rings. The van der Waals surface area contributed by atoms with Gasteiger partial charge in [-0.3, -0.25) is 14.5 Å². The molecule has 2 N–H and O–H groups in total. The second-order valence-electron chi connectivity index (χ2n) is 7.38. The summed E-state index contributed by atoms with van der Waals surface area (Å²) in [6.07, 6.45) is 1.30. The molecule has 0 saturated carbocycles. The summed E-state index contributed by atoms with van der Waals surface area (Å²) >= 11 is 0. The van der Waals surface area contributed by atoms with Crippen LogP contribution in [0, 0.1) is 12.5 Å². The van der Waals surface area contributed by atoms with Crippen LogP contribution in [-0.2, 0) is 20.9 Å². The quantitative estimate of drug-likeness (QED) is 0.717. The highest BCUT2D eigenvalue weighted by atomic mass is 16.6. The topological polar surface area (TPSA) is 87.7 Å². The molecule has 28 heavy (non-hydrogen) atoms. The highest BCUT2D eigenvalue weighted by molar-refractivity contribution is 5.91. The van der Waals surface area contributed by atoms with Crippen LogP contribution in [-0.4, -0.2) is 41.4 Å². The summed E-state index contributed by atoms with van der Waals surface area (Å²) in [5.74, 6) is -0.324. The Morgan fingerprint density at radius 1 is 1.25 bits per heavy atom. The molecule has 1 radical (unpaired) electrons. The minimum Gasteiger partial charge on any atom is -0.445 e. The zero-order chi connectivity index (χ0) is 20.5. The number of nitrogens with one attached hydrogen (secondary N) is 2. The lowest BCUT2D eigenvalue weighted by Crippen LogP contribution is -2.53. The molecule has 1 heterocycles. The second-order valence-corrected chi connectivity index (χ2v) is 7.38. The van der Waals surface area contributed by atoms with Gasteiger partial charge in [0.1, 0.15) is 18.7 Å². The summed E-state index contributed by atoms with van der Waals surface area (Å²) in [7, 11) is 0. The molecule has 1 aromatic carbocycles. The molecule has 1 aromatic rings. The van der Waals surface area contributed by atoms with Crippen LogP contribution in [0.3, 0.4) is 0 Å².